The van der Waals surface area contributed by atoms with Crippen LogP contribution in [0.1, 0.15) is 20.7 Å². The van der Waals surface area contributed by atoms with E-state index in [1.165, 1.54) is 6.07 Å². The molecule has 1 aromatic heterocycles. The van der Waals surface area contributed by atoms with Gasteiger partial charge in [0.1, 0.15) is 5.69 Å². The van der Waals surface area contributed by atoms with Gasteiger partial charge in [0, 0.05) is 41.5 Å². The maximum Gasteiger partial charge on any atom is 0.312 e. The first-order chi connectivity index (χ1) is 14.6. The average molecular weight is 494 g/mol. The highest BCUT2D eigenvalue weighted by atomic mass is 79.9. The number of hydrogen-bond donors (Lipinski definition) is 4. The van der Waals surface area contributed by atoms with E-state index >= 15 is 0 Å². The molecule has 0 spiro atoms. The largest absolute Gasteiger partial charge is 0.375 e. The Morgan fingerprint density at radius 3 is 2.06 bits per heavy atom. The standard InChI is InChI=1S/C17H16BrN7O6/c18-11-5-9(15(19)26)6-12(24(28)29)14(11)21-3-1-2-4-22-17-13(25(30)31)7-10(8-23-17)16(20)27/h1-2,5-8,21H,3-4H2,(H2,19,26)(H2,20,27)(H,22,23). The first-order valence-corrected chi connectivity index (χ1v) is 9.25. The van der Waals surface area contributed by atoms with E-state index in [0.29, 0.717) is 0 Å². The van der Waals surface area contributed by atoms with Crippen LogP contribution >= 0.6 is 15.9 Å². The zero-order valence-corrected chi connectivity index (χ0v) is 17.3. The Balaban J connectivity index is 2.03. The molecule has 0 aliphatic carbocycles. The van der Waals surface area contributed by atoms with Gasteiger partial charge in [0.25, 0.3) is 11.6 Å². The van der Waals surface area contributed by atoms with Crippen LogP contribution in [0, 0.1) is 20.2 Å². The molecule has 0 saturated heterocycles. The minimum atomic E-state index is -0.836. The summed E-state index contributed by atoms with van der Waals surface area (Å²) in [6, 6.07) is 3.46. The lowest BCUT2D eigenvalue weighted by Gasteiger charge is -2.09. The lowest BCUT2D eigenvalue weighted by molar-refractivity contribution is -0.384. The number of benzene rings is 1. The van der Waals surface area contributed by atoms with Crippen molar-refractivity contribution in [1.29, 1.82) is 0 Å². The van der Waals surface area contributed by atoms with Crippen LogP contribution in [0.5, 0.6) is 0 Å². The van der Waals surface area contributed by atoms with Crippen molar-refractivity contribution >= 4 is 50.6 Å². The van der Waals surface area contributed by atoms with Gasteiger partial charge in [-0.05, 0) is 22.0 Å². The molecule has 2 amide bonds. The number of amides is 2. The van der Waals surface area contributed by atoms with Gasteiger partial charge in [0.2, 0.25) is 11.7 Å². The van der Waals surface area contributed by atoms with Crippen LogP contribution in [0.4, 0.5) is 22.9 Å². The summed E-state index contributed by atoms with van der Waals surface area (Å²) in [4.78, 5) is 47.3. The SMILES string of the molecule is NC(=O)c1cnc(NCC=CCNc2c(Br)cc(C(N)=O)cc2[N+](=O)[O-])c([N+](=O)[O-])c1. The van der Waals surface area contributed by atoms with Crippen molar-refractivity contribution in [2.24, 2.45) is 11.5 Å². The van der Waals surface area contributed by atoms with Crippen molar-refractivity contribution in [2.45, 2.75) is 0 Å². The van der Waals surface area contributed by atoms with E-state index in [0.717, 1.165) is 18.3 Å². The number of nitrogens with zero attached hydrogens (tertiary/aromatic N) is 3. The first-order valence-electron chi connectivity index (χ1n) is 8.46. The van der Waals surface area contributed by atoms with Crippen LogP contribution in [0.15, 0.2) is 41.0 Å². The molecule has 0 bridgehead atoms. The second-order valence-corrected chi connectivity index (χ2v) is 6.77. The van der Waals surface area contributed by atoms with Crippen LogP contribution in [-0.4, -0.2) is 39.7 Å². The highest BCUT2D eigenvalue weighted by Gasteiger charge is 2.20. The van der Waals surface area contributed by atoms with E-state index in [9.17, 15) is 29.8 Å². The molecule has 31 heavy (non-hydrogen) atoms. The van der Waals surface area contributed by atoms with E-state index in [4.69, 9.17) is 11.5 Å². The van der Waals surface area contributed by atoms with E-state index in [1.807, 2.05) is 0 Å². The zero-order valence-electron chi connectivity index (χ0n) is 15.7. The molecule has 0 fully saturated rings. The molecular formula is C17H16BrN7O6. The summed E-state index contributed by atoms with van der Waals surface area (Å²) in [5.74, 6) is -1.68. The fourth-order valence-corrected chi connectivity index (χ4v) is 2.99. The van der Waals surface area contributed by atoms with Gasteiger partial charge in [0.15, 0.2) is 0 Å². The van der Waals surface area contributed by atoms with Crippen LogP contribution < -0.4 is 22.1 Å². The zero-order chi connectivity index (χ0) is 23.1. The maximum atomic E-state index is 11.3. The summed E-state index contributed by atoms with van der Waals surface area (Å²) in [5, 5.41) is 28.0. The highest BCUT2D eigenvalue weighted by Crippen LogP contribution is 2.34. The van der Waals surface area contributed by atoms with Crippen LogP contribution in [0.3, 0.4) is 0 Å². The smallest absolute Gasteiger partial charge is 0.312 e. The molecule has 162 valence electrons. The molecule has 13 nitrogen and oxygen atoms in total. The number of carbonyl (C=O) groups excluding carboxylic acids is 2. The van der Waals surface area contributed by atoms with E-state index < -0.39 is 27.3 Å². The molecule has 6 N–H and O–H groups in total. The summed E-state index contributed by atoms with van der Waals surface area (Å²) in [7, 11) is 0. The Kier molecular flexibility index (Phi) is 7.57. The van der Waals surface area contributed by atoms with Gasteiger partial charge in [-0.2, -0.15) is 0 Å². The van der Waals surface area contributed by atoms with Crippen molar-refractivity contribution in [2.75, 3.05) is 23.7 Å². The van der Waals surface area contributed by atoms with Crippen molar-refractivity contribution in [3.05, 3.63) is 72.4 Å². The van der Waals surface area contributed by atoms with Crippen LogP contribution in [-0.2, 0) is 0 Å². The number of aromatic nitrogens is 1. The maximum absolute atomic E-state index is 11.3. The number of anilines is 2. The Bertz CT molecular complexity index is 1090. The number of nitro benzene ring substituents is 1. The second-order valence-electron chi connectivity index (χ2n) is 5.92. The van der Waals surface area contributed by atoms with Gasteiger partial charge in [-0.15, -0.1) is 0 Å². The van der Waals surface area contributed by atoms with Gasteiger partial charge in [-0.3, -0.25) is 29.8 Å². The third-order valence-electron chi connectivity index (χ3n) is 3.85. The minimum absolute atomic E-state index is 0.0136. The number of primary amides is 2. The van der Waals surface area contributed by atoms with Crippen molar-refractivity contribution in [3.8, 4) is 0 Å². The Hall–Kier alpha value is -4.07. The molecule has 0 saturated carbocycles. The minimum Gasteiger partial charge on any atom is -0.375 e. The molecule has 1 heterocycles. The van der Waals surface area contributed by atoms with Gasteiger partial charge >= 0.3 is 5.69 Å². The quantitative estimate of drug-likeness (QED) is 0.216. The number of pyridine rings is 1. The van der Waals surface area contributed by atoms with Crippen LogP contribution in [0.25, 0.3) is 0 Å². The fourth-order valence-electron chi connectivity index (χ4n) is 2.40. The Morgan fingerprint density at radius 1 is 0.968 bits per heavy atom. The average Bonchev–Trinajstić information content (AvgIpc) is 2.70. The molecule has 0 aliphatic heterocycles. The van der Waals surface area contributed by atoms with Gasteiger partial charge in [-0.25, -0.2) is 4.98 Å². The number of nitro groups is 2. The van der Waals surface area contributed by atoms with E-state index in [1.54, 1.807) is 12.2 Å². The molecule has 0 unspecified atom stereocenters. The topological polar surface area (TPSA) is 209 Å². The third kappa shape index (κ3) is 5.96. The Labute approximate surface area is 182 Å². The number of nitrogens with two attached hydrogens (primary N) is 2. The van der Waals surface area contributed by atoms with Crippen LogP contribution in [0.2, 0.25) is 0 Å². The lowest BCUT2D eigenvalue weighted by Crippen LogP contribution is -2.13. The second kappa shape index (κ2) is 10.1. The predicted molar refractivity (Wildman–Crippen MR) is 115 cm³/mol. The van der Waals surface area contributed by atoms with Gasteiger partial charge < -0.3 is 22.1 Å². The summed E-state index contributed by atoms with van der Waals surface area (Å²) in [6.07, 6.45) is 4.35. The number of rotatable bonds is 10. The molecule has 14 heteroatoms. The van der Waals surface area contributed by atoms with E-state index in [-0.39, 0.29) is 45.9 Å². The molecule has 0 atom stereocenters. The summed E-state index contributed by atoms with van der Waals surface area (Å²) < 4.78 is 0.288. The molecule has 0 aliphatic rings. The third-order valence-corrected chi connectivity index (χ3v) is 4.48. The van der Waals surface area contributed by atoms with Gasteiger partial charge in [-0.1, -0.05) is 12.2 Å². The molecule has 0 radical (unpaired) electrons. The molecular weight excluding hydrogens is 478 g/mol. The molecule has 1 aromatic carbocycles. The first kappa shape index (κ1) is 23.2. The monoisotopic (exact) mass is 493 g/mol. The van der Waals surface area contributed by atoms with Gasteiger partial charge in [0.05, 0.1) is 15.4 Å². The van der Waals surface area contributed by atoms with E-state index in [2.05, 4.69) is 31.5 Å². The number of carbonyl (C=O) groups is 2. The summed E-state index contributed by atoms with van der Waals surface area (Å²) >= 11 is 3.17. The number of halogens is 1. The fraction of sp³-hybridized carbons (Fsp3) is 0.118. The molecule has 2 aromatic rings. The van der Waals surface area contributed by atoms with Crippen molar-refractivity contribution < 1.29 is 19.4 Å². The normalized spacial score (nSPS) is 10.6. The number of hydrogen-bond acceptors (Lipinski definition) is 9. The lowest BCUT2D eigenvalue weighted by atomic mass is 10.1. The van der Waals surface area contributed by atoms with Crippen molar-refractivity contribution in [1.82, 2.24) is 4.98 Å². The summed E-state index contributed by atoms with van der Waals surface area (Å²) in [5.41, 5.74) is 9.58. The number of nitrogens with one attached hydrogen (secondary N) is 2. The highest BCUT2D eigenvalue weighted by molar-refractivity contribution is 9.10. The summed E-state index contributed by atoms with van der Waals surface area (Å²) in [6.45, 7) is 0.322. The Morgan fingerprint density at radius 2 is 1.52 bits per heavy atom. The molecule has 2 rings (SSSR count). The van der Waals surface area contributed by atoms with Crippen molar-refractivity contribution in [3.63, 3.8) is 0 Å². The predicted octanol–water partition coefficient (Wildman–Crippen LogP) is 1.94.